The molecule has 0 spiro atoms. The zero-order valence-electron chi connectivity index (χ0n) is 15.1. The molecular weight excluding hydrogens is 308 g/mol. The molecule has 0 bridgehead atoms. The monoisotopic (exact) mass is 336 g/mol. The number of ether oxygens (including phenoxy) is 1. The van der Waals surface area contributed by atoms with E-state index in [9.17, 15) is 0 Å². The third kappa shape index (κ3) is 3.88. The molecule has 3 heteroatoms. The second-order valence-electron chi connectivity index (χ2n) is 7.30. The first-order valence-corrected chi connectivity index (χ1v) is 9.60. The summed E-state index contributed by atoms with van der Waals surface area (Å²) < 4.78 is 5.64. The minimum Gasteiger partial charge on any atom is -0.493 e. The Morgan fingerprint density at radius 1 is 1.20 bits per heavy atom. The first-order valence-electron chi connectivity index (χ1n) is 9.60. The Morgan fingerprint density at radius 2 is 2.08 bits per heavy atom. The van der Waals surface area contributed by atoms with Crippen molar-refractivity contribution >= 4 is 0 Å². The predicted molar refractivity (Wildman–Crippen MR) is 102 cm³/mol. The van der Waals surface area contributed by atoms with Crippen molar-refractivity contribution in [2.45, 2.75) is 44.8 Å². The Bertz CT molecular complexity index is 700. The van der Waals surface area contributed by atoms with Gasteiger partial charge in [-0.1, -0.05) is 49.4 Å². The van der Waals surface area contributed by atoms with Gasteiger partial charge >= 0.3 is 0 Å². The van der Waals surface area contributed by atoms with Crippen LogP contribution in [0.4, 0.5) is 0 Å². The zero-order valence-corrected chi connectivity index (χ0v) is 15.1. The van der Waals surface area contributed by atoms with Crippen LogP contribution in [0.15, 0.2) is 48.5 Å². The second-order valence-corrected chi connectivity index (χ2v) is 7.30. The summed E-state index contributed by atoms with van der Waals surface area (Å²) >= 11 is 0. The largest absolute Gasteiger partial charge is 0.493 e. The summed E-state index contributed by atoms with van der Waals surface area (Å²) in [7, 11) is 0. The molecule has 2 aliphatic rings. The fraction of sp³-hybridized carbons (Fsp3) is 0.455. The number of nitrogens with zero attached hydrogens (tertiary/aromatic N) is 1. The molecule has 2 atom stereocenters. The van der Waals surface area contributed by atoms with E-state index in [-0.39, 0.29) is 0 Å². The lowest BCUT2D eigenvalue weighted by molar-refractivity contribution is 0.313. The molecule has 2 aromatic carbocycles. The minimum absolute atomic E-state index is 0.438. The number of nitrogens with one attached hydrogen (secondary N) is 1. The SMILES string of the molecule is CCC(NC1CCN(Cc2ccccc2)C1)c1ccc2c(c1)CCO2. The van der Waals surface area contributed by atoms with E-state index in [0.717, 1.165) is 38.3 Å². The van der Waals surface area contributed by atoms with Crippen molar-refractivity contribution in [3.63, 3.8) is 0 Å². The average Bonchev–Trinajstić information content (AvgIpc) is 3.29. The van der Waals surface area contributed by atoms with Gasteiger partial charge in [0.05, 0.1) is 6.61 Å². The topological polar surface area (TPSA) is 24.5 Å². The number of fused-ring (bicyclic) bond motifs is 1. The van der Waals surface area contributed by atoms with Crippen LogP contribution in [0.1, 0.15) is 42.5 Å². The molecule has 1 saturated heterocycles. The first-order chi connectivity index (χ1) is 12.3. The van der Waals surface area contributed by atoms with Crippen molar-refractivity contribution in [3.05, 3.63) is 65.2 Å². The molecule has 2 aromatic rings. The van der Waals surface area contributed by atoms with E-state index >= 15 is 0 Å². The maximum atomic E-state index is 5.64. The van der Waals surface area contributed by atoms with Gasteiger partial charge in [0.25, 0.3) is 0 Å². The van der Waals surface area contributed by atoms with Crippen LogP contribution in [0.5, 0.6) is 5.75 Å². The maximum absolute atomic E-state index is 5.64. The first kappa shape index (κ1) is 16.6. The van der Waals surface area contributed by atoms with Gasteiger partial charge < -0.3 is 10.1 Å². The lowest BCUT2D eigenvalue weighted by atomic mass is 10.00. The molecule has 0 amide bonds. The van der Waals surface area contributed by atoms with Crippen LogP contribution in [-0.4, -0.2) is 30.6 Å². The molecule has 0 aliphatic carbocycles. The third-order valence-electron chi connectivity index (χ3n) is 5.48. The summed E-state index contributed by atoms with van der Waals surface area (Å²) in [6, 6.07) is 18.6. The van der Waals surface area contributed by atoms with E-state index in [1.165, 1.54) is 29.7 Å². The van der Waals surface area contributed by atoms with Gasteiger partial charge in [0.2, 0.25) is 0 Å². The molecule has 4 rings (SSSR count). The smallest absolute Gasteiger partial charge is 0.122 e. The highest BCUT2D eigenvalue weighted by molar-refractivity contribution is 5.40. The van der Waals surface area contributed by atoms with E-state index < -0.39 is 0 Å². The van der Waals surface area contributed by atoms with Crippen LogP contribution in [0.3, 0.4) is 0 Å². The van der Waals surface area contributed by atoms with Gasteiger partial charge in [0.1, 0.15) is 5.75 Å². The summed E-state index contributed by atoms with van der Waals surface area (Å²) in [5.41, 5.74) is 4.19. The van der Waals surface area contributed by atoms with Crippen LogP contribution >= 0.6 is 0 Å². The van der Waals surface area contributed by atoms with E-state index in [0.29, 0.717) is 12.1 Å². The molecule has 2 unspecified atom stereocenters. The van der Waals surface area contributed by atoms with E-state index in [1.54, 1.807) is 0 Å². The Labute approximate surface area is 151 Å². The van der Waals surface area contributed by atoms with Crippen molar-refractivity contribution in [1.29, 1.82) is 0 Å². The quantitative estimate of drug-likeness (QED) is 0.865. The van der Waals surface area contributed by atoms with Crippen molar-refractivity contribution < 1.29 is 4.74 Å². The summed E-state index contributed by atoms with van der Waals surface area (Å²) in [5, 5.41) is 3.91. The van der Waals surface area contributed by atoms with E-state index in [2.05, 4.69) is 65.7 Å². The van der Waals surface area contributed by atoms with Gasteiger partial charge in [-0.05, 0) is 35.6 Å². The van der Waals surface area contributed by atoms with Crippen molar-refractivity contribution in [1.82, 2.24) is 10.2 Å². The highest BCUT2D eigenvalue weighted by Crippen LogP contribution is 2.29. The van der Waals surface area contributed by atoms with Gasteiger partial charge in [-0.2, -0.15) is 0 Å². The molecule has 0 radical (unpaired) electrons. The van der Waals surface area contributed by atoms with Gasteiger partial charge in [-0.3, -0.25) is 4.90 Å². The van der Waals surface area contributed by atoms with Gasteiger partial charge in [-0.25, -0.2) is 0 Å². The molecular formula is C22H28N2O. The number of benzene rings is 2. The summed E-state index contributed by atoms with van der Waals surface area (Å²) in [5.74, 6) is 1.08. The van der Waals surface area contributed by atoms with Crippen LogP contribution in [0.2, 0.25) is 0 Å². The Kier molecular flexibility index (Phi) is 5.04. The average molecular weight is 336 g/mol. The Hall–Kier alpha value is -1.84. The van der Waals surface area contributed by atoms with Crippen molar-refractivity contribution in [3.8, 4) is 5.75 Å². The van der Waals surface area contributed by atoms with Crippen molar-refractivity contribution in [2.75, 3.05) is 19.7 Å². The van der Waals surface area contributed by atoms with Crippen LogP contribution < -0.4 is 10.1 Å². The number of likely N-dealkylation sites (tertiary alicyclic amines) is 1. The zero-order chi connectivity index (χ0) is 17.1. The van der Waals surface area contributed by atoms with Crippen LogP contribution in [-0.2, 0) is 13.0 Å². The molecule has 1 N–H and O–H groups in total. The Morgan fingerprint density at radius 3 is 2.92 bits per heavy atom. The fourth-order valence-electron chi connectivity index (χ4n) is 4.11. The normalized spacial score (nSPS) is 21.1. The molecule has 3 nitrogen and oxygen atoms in total. The molecule has 1 fully saturated rings. The summed E-state index contributed by atoms with van der Waals surface area (Å²) in [6.45, 7) is 6.49. The maximum Gasteiger partial charge on any atom is 0.122 e. The van der Waals surface area contributed by atoms with Gasteiger partial charge in [0, 0.05) is 38.1 Å². The lowest BCUT2D eigenvalue weighted by Crippen LogP contribution is -2.35. The van der Waals surface area contributed by atoms with Crippen LogP contribution in [0.25, 0.3) is 0 Å². The molecule has 0 aromatic heterocycles. The number of rotatable bonds is 6. The highest BCUT2D eigenvalue weighted by Gasteiger charge is 2.25. The fourth-order valence-corrected chi connectivity index (χ4v) is 4.11. The van der Waals surface area contributed by atoms with Crippen molar-refractivity contribution in [2.24, 2.45) is 0 Å². The summed E-state index contributed by atoms with van der Waals surface area (Å²) in [4.78, 5) is 2.57. The Balaban J connectivity index is 1.36. The molecule has 25 heavy (non-hydrogen) atoms. The van der Waals surface area contributed by atoms with Gasteiger partial charge in [-0.15, -0.1) is 0 Å². The standard InChI is InChI=1S/C22H28N2O/c1-2-21(18-8-9-22-19(14-18)11-13-25-22)23-20-10-12-24(16-20)15-17-6-4-3-5-7-17/h3-9,14,20-21,23H,2,10-13,15-16H2,1H3. The lowest BCUT2D eigenvalue weighted by Gasteiger charge is -2.23. The predicted octanol–water partition coefficient (Wildman–Crippen LogP) is 3.94. The molecule has 2 heterocycles. The highest BCUT2D eigenvalue weighted by atomic mass is 16.5. The minimum atomic E-state index is 0.438. The number of hydrogen-bond donors (Lipinski definition) is 1. The van der Waals surface area contributed by atoms with Gasteiger partial charge in [0.15, 0.2) is 0 Å². The molecule has 2 aliphatic heterocycles. The molecule has 0 saturated carbocycles. The third-order valence-corrected chi connectivity index (χ3v) is 5.48. The number of hydrogen-bond acceptors (Lipinski definition) is 3. The molecule has 132 valence electrons. The second kappa shape index (κ2) is 7.59. The van der Waals surface area contributed by atoms with E-state index in [4.69, 9.17) is 4.74 Å². The van der Waals surface area contributed by atoms with Crippen LogP contribution in [0, 0.1) is 0 Å². The summed E-state index contributed by atoms with van der Waals surface area (Å²) in [6.07, 6.45) is 3.40. The van der Waals surface area contributed by atoms with E-state index in [1.807, 2.05) is 0 Å².